The highest BCUT2D eigenvalue weighted by atomic mass is 79.9. The Kier molecular flexibility index (Phi) is 5.70. The van der Waals surface area contributed by atoms with E-state index in [9.17, 15) is 13.2 Å². The highest BCUT2D eigenvalue weighted by molar-refractivity contribution is 9.10. The van der Waals surface area contributed by atoms with E-state index in [0.717, 1.165) is 10.0 Å². The lowest BCUT2D eigenvalue weighted by molar-refractivity contribution is -0.120. The van der Waals surface area contributed by atoms with Crippen molar-refractivity contribution < 1.29 is 13.2 Å². The zero-order valence-corrected chi connectivity index (χ0v) is 14.0. The molecule has 0 aliphatic rings. The summed E-state index contributed by atoms with van der Waals surface area (Å²) >= 11 is 3.24. The average Bonchev–Trinajstić information content (AvgIpc) is 2.52. The highest BCUT2D eigenvalue weighted by Crippen LogP contribution is 2.14. The second kappa shape index (κ2) is 7.53. The molecule has 0 fully saturated rings. The normalized spacial score (nSPS) is 11.1. The Hall–Kier alpha value is -1.70. The van der Waals surface area contributed by atoms with E-state index < -0.39 is 10.0 Å². The molecule has 0 radical (unpaired) electrons. The van der Waals surface area contributed by atoms with E-state index in [4.69, 9.17) is 0 Å². The molecule has 0 bridgehead atoms. The summed E-state index contributed by atoms with van der Waals surface area (Å²) in [6.07, 6.45) is 0. The summed E-state index contributed by atoms with van der Waals surface area (Å²) in [5.41, 5.74) is 0.951. The van der Waals surface area contributed by atoms with E-state index >= 15 is 0 Å². The van der Waals surface area contributed by atoms with Gasteiger partial charge in [-0.25, -0.2) is 13.1 Å². The van der Waals surface area contributed by atoms with Gasteiger partial charge < -0.3 is 5.32 Å². The number of halogens is 1. The molecule has 1 amide bonds. The first-order valence-electron chi connectivity index (χ1n) is 6.53. The van der Waals surface area contributed by atoms with Crippen LogP contribution in [0.1, 0.15) is 5.56 Å². The number of carbonyl (C=O) groups is 1. The van der Waals surface area contributed by atoms with E-state index in [1.165, 1.54) is 12.1 Å². The van der Waals surface area contributed by atoms with Gasteiger partial charge in [0.15, 0.2) is 0 Å². The van der Waals surface area contributed by atoms with Crippen molar-refractivity contribution in [1.29, 1.82) is 0 Å². The molecule has 0 spiro atoms. The zero-order chi connectivity index (χ0) is 16.0. The number of amides is 1. The van der Waals surface area contributed by atoms with Crippen molar-refractivity contribution in [2.24, 2.45) is 0 Å². The van der Waals surface area contributed by atoms with Gasteiger partial charge in [0.25, 0.3) is 0 Å². The smallest absolute Gasteiger partial charge is 0.241 e. The summed E-state index contributed by atoms with van der Waals surface area (Å²) in [7, 11) is -3.69. The second-order valence-corrected chi connectivity index (χ2v) is 7.22. The van der Waals surface area contributed by atoms with Gasteiger partial charge >= 0.3 is 0 Å². The van der Waals surface area contributed by atoms with Crippen LogP contribution in [0.25, 0.3) is 0 Å². The maximum atomic E-state index is 12.0. The van der Waals surface area contributed by atoms with Gasteiger partial charge in [-0.15, -0.1) is 0 Å². The third kappa shape index (κ3) is 4.94. The molecule has 22 heavy (non-hydrogen) atoms. The topological polar surface area (TPSA) is 75.3 Å². The molecule has 2 aromatic carbocycles. The van der Waals surface area contributed by atoms with Gasteiger partial charge in [0.2, 0.25) is 15.9 Å². The molecule has 0 unspecified atom stereocenters. The van der Waals surface area contributed by atoms with Crippen LogP contribution in [0.15, 0.2) is 64.0 Å². The Morgan fingerprint density at radius 1 is 1.00 bits per heavy atom. The first-order valence-corrected chi connectivity index (χ1v) is 8.81. The molecule has 0 atom stereocenters. The third-order valence-electron chi connectivity index (χ3n) is 2.88. The van der Waals surface area contributed by atoms with Gasteiger partial charge in [-0.2, -0.15) is 0 Å². The zero-order valence-electron chi connectivity index (χ0n) is 11.6. The minimum absolute atomic E-state index is 0.117. The van der Waals surface area contributed by atoms with Crippen molar-refractivity contribution in [2.45, 2.75) is 11.4 Å². The third-order valence-corrected chi connectivity index (χ3v) is 4.83. The molecule has 5 nitrogen and oxygen atoms in total. The monoisotopic (exact) mass is 382 g/mol. The van der Waals surface area contributed by atoms with Gasteiger partial charge in [0.1, 0.15) is 0 Å². The number of benzene rings is 2. The molecule has 116 valence electrons. The van der Waals surface area contributed by atoms with Crippen molar-refractivity contribution >= 4 is 31.9 Å². The van der Waals surface area contributed by atoms with Crippen LogP contribution in [0.2, 0.25) is 0 Å². The molecular formula is C15H15BrN2O3S. The fourth-order valence-corrected chi connectivity index (χ4v) is 2.96. The fraction of sp³-hybridized carbons (Fsp3) is 0.133. The first kappa shape index (κ1) is 16.7. The number of nitrogens with one attached hydrogen (secondary N) is 2. The predicted octanol–water partition coefficient (Wildman–Crippen LogP) is 2.04. The SMILES string of the molecule is O=C(CNS(=O)(=O)c1ccc(Br)cc1)NCc1ccccc1. The van der Waals surface area contributed by atoms with Crippen LogP contribution in [0.4, 0.5) is 0 Å². The van der Waals surface area contributed by atoms with Crippen molar-refractivity contribution in [3.05, 3.63) is 64.6 Å². The molecule has 0 aromatic heterocycles. The number of carbonyl (C=O) groups excluding carboxylic acids is 1. The lowest BCUT2D eigenvalue weighted by Crippen LogP contribution is -2.36. The Morgan fingerprint density at radius 3 is 2.27 bits per heavy atom. The summed E-state index contributed by atoms with van der Waals surface area (Å²) in [5, 5.41) is 2.66. The lowest BCUT2D eigenvalue weighted by atomic mass is 10.2. The Labute approximate surface area is 137 Å². The van der Waals surface area contributed by atoms with E-state index in [-0.39, 0.29) is 17.3 Å². The highest BCUT2D eigenvalue weighted by Gasteiger charge is 2.15. The molecule has 0 aliphatic carbocycles. The van der Waals surface area contributed by atoms with Crippen LogP contribution in [-0.4, -0.2) is 20.9 Å². The van der Waals surface area contributed by atoms with Gasteiger partial charge in [-0.05, 0) is 29.8 Å². The van der Waals surface area contributed by atoms with Crippen LogP contribution >= 0.6 is 15.9 Å². The summed E-state index contributed by atoms with van der Waals surface area (Å²) in [6.45, 7) is 0.0604. The Morgan fingerprint density at radius 2 is 1.64 bits per heavy atom. The van der Waals surface area contributed by atoms with Gasteiger partial charge in [-0.3, -0.25) is 4.79 Å². The number of hydrogen-bond donors (Lipinski definition) is 2. The summed E-state index contributed by atoms with van der Waals surface area (Å²) in [5.74, 6) is -0.385. The number of hydrogen-bond acceptors (Lipinski definition) is 3. The van der Waals surface area contributed by atoms with Crippen molar-refractivity contribution in [3.63, 3.8) is 0 Å². The van der Waals surface area contributed by atoms with Crippen LogP contribution in [0.5, 0.6) is 0 Å². The fourth-order valence-electron chi connectivity index (χ4n) is 1.72. The van der Waals surface area contributed by atoms with Crippen LogP contribution < -0.4 is 10.0 Å². The van der Waals surface area contributed by atoms with Crippen molar-refractivity contribution in [2.75, 3.05) is 6.54 Å². The number of sulfonamides is 1. The van der Waals surface area contributed by atoms with Crippen LogP contribution in [-0.2, 0) is 21.4 Å². The second-order valence-electron chi connectivity index (χ2n) is 4.54. The minimum atomic E-state index is -3.69. The standard InChI is InChI=1S/C15H15BrN2O3S/c16-13-6-8-14(9-7-13)22(20,21)18-11-15(19)17-10-12-4-2-1-3-5-12/h1-9,18H,10-11H2,(H,17,19). The Balaban J connectivity index is 1.86. The lowest BCUT2D eigenvalue weighted by Gasteiger charge is -2.08. The van der Waals surface area contributed by atoms with Crippen LogP contribution in [0.3, 0.4) is 0 Å². The van der Waals surface area contributed by atoms with E-state index in [2.05, 4.69) is 26.0 Å². The van der Waals surface area contributed by atoms with Gasteiger partial charge in [0.05, 0.1) is 11.4 Å². The molecule has 0 saturated carbocycles. The summed E-state index contributed by atoms with van der Waals surface area (Å²) in [6, 6.07) is 15.6. The molecule has 2 aromatic rings. The quantitative estimate of drug-likeness (QED) is 0.802. The molecule has 7 heteroatoms. The molecule has 2 rings (SSSR count). The van der Waals surface area contributed by atoms with E-state index in [1.807, 2.05) is 30.3 Å². The molecule has 0 saturated heterocycles. The predicted molar refractivity (Wildman–Crippen MR) is 87.6 cm³/mol. The average molecular weight is 383 g/mol. The van der Waals surface area contributed by atoms with Gasteiger partial charge in [-0.1, -0.05) is 46.3 Å². The van der Waals surface area contributed by atoms with Gasteiger partial charge in [0, 0.05) is 11.0 Å². The Bertz CT molecular complexity index is 731. The molecule has 0 aliphatic heterocycles. The maximum Gasteiger partial charge on any atom is 0.241 e. The molecule has 0 heterocycles. The maximum absolute atomic E-state index is 12.0. The molecular weight excluding hydrogens is 368 g/mol. The minimum Gasteiger partial charge on any atom is -0.351 e. The molecule has 2 N–H and O–H groups in total. The van der Waals surface area contributed by atoms with Crippen molar-refractivity contribution in [3.8, 4) is 0 Å². The van der Waals surface area contributed by atoms with E-state index in [1.54, 1.807) is 12.1 Å². The first-order chi connectivity index (χ1) is 10.5. The van der Waals surface area contributed by atoms with Crippen molar-refractivity contribution in [1.82, 2.24) is 10.0 Å². The van der Waals surface area contributed by atoms with Crippen LogP contribution in [0, 0.1) is 0 Å². The number of rotatable bonds is 6. The van der Waals surface area contributed by atoms with E-state index in [0.29, 0.717) is 6.54 Å². The summed E-state index contributed by atoms with van der Waals surface area (Å²) < 4.78 is 27.1. The largest absolute Gasteiger partial charge is 0.351 e. The summed E-state index contributed by atoms with van der Waals surface area (Å²) in [4.78, 5) is 11.8.